The maximum absolute atomic E-state index is 10.6. The van der Waals surface area contributed by atoms with Crippen LogP contribution in [0.1, 0.15) is 23.6 Å². The third kappa shape index (κ3) is 4.30. The van der Waals surface area contributed by atoms with Crippen molar-refractivity contribution in [2.45, 2.75) is 43.5 Å². The Hall–Kier alpha value is -2.00. The Morgan fingerprint density at radius 1 is 1.00 bits per heavy atom. The number of rotatable bonds is 7. The predicted molar refractivity (Wildman–Crippen MR) is 106 cm³/mol. The summed E-state index contributed by atoms with van der Waals surface area (Å²) in [6.45, 7) is 2.02. The molecule has 29 heavy (non-hydrogen) atoms. The molecule has 0 radical (unpaired) electrons. The Morgan fingerprint density at radius 2 is 1.72 bits per heavy atom. The molecule has 0 aliphatic carbocycles. The van der Waals surface area contributed by atoms with Gasteiger partial charge in [-0.05, 0) is 42.7 Å². The Balaban J connectivity index is 1.88. The first-order valence-corrected chi connectivity index (χ1v) is 9.64. The van der Waals surface area contributed by atoms with E-state index >= 15 is 0 Å². The highest BCUT2D eigenvalue weighted by molar-refractivity contribution is 5.35. The summed E-state index contributed by atoms with van der Waals surface area (Å²) in [5, 5.41) is 40.4. The van der Waals surface area contributed by atoms with Gasteiger partial charge in [-0.25, -0.2) is 0 Å². The summed E-state index contributed by atoms with van der Waals surface area (Å²) >= 11 is 0. The van der Waals surface area contributed by atoms with Gasteiger partial charge in [0.2, 0.25) is 5.79 Å². The van der Waals surface area contributed by atoms with Gasteiger partial charge in [-0.1, -0.05) is 30.3 Å². The smallest absolute Gasteiger partial charge is 0.224 e. The first-order valence-electron chi connectivity index (χ1n) is 9.64. The SMILES string of the molecule is CCOc1ccc(Cc2cccc(C3(OC)O[C@H](CO)[C@@H](O)[C@H](O)[C@H]3O)c2)cc1. The number of hydrogen-bond acceptors (Lipinski definition) is 7. The van der Waals surface area contributed by atoms with Crippen molar-refractivity contribution in [1.29, 1.82) is 0 Å². The molecule has 4 N–H and O–H groups in total. The van der Waals surface area contributed by atoms with E-state index in [1.54, 1.807) is 12.1 Å². The monoisotopic (exact) mass is 404 g/mol. The highest BCUT2D eigenvalue weighted by Gasteiger charge is 2.55. The molecule has 5 atom stereocenters. The van der Waals surface area contributed by atoms with Crippen LogP contribution < -0.4 is 4.74 Å². The first-order chi connectivity index (χ1) is 13.9. The standard InChI is InChI=1S/C22H28O7/c1-3-28-17-9-7-14(8-10-17)11-15-5-4-6-16(12-15)22(27-2)21(26)20(25)19(24)18(13-23)29-22/h4-10,12,18-21,23-26H,3,11,13H2,1-2H3/t18-,19-,20+,21-,22?/m1/s1. The van der Waals surface area contributed by atoms with E-state index in [4.69, 9.17) is 14.2 Å². The van der Waals surface area contributed by atoms with Crippen molar-refractivity contribution in [3.63, 3.8) is 0 Å². The Kier molecular flexibility index (Phi) is 6.89. The second kappa shape index (κ2) is 9.21. The van der Waals surface area contributed by atoms with Crippen LogP contribution in [0.4, 0.5) is 0 Å². The van der Waals surface area contributed by atoms with E-state index < -0.39 is 36.8 Å². The minimum atomic E-state index is -1.71. The van der Waals surface area contributed by atoms with Crippen LogP contribution >= 0.6 is 0 Å². The second-order valence-corrected chi connectivity index (χ2v) is 7.09. The number of ether oxygens (including phenoxy) is 3. The first kappa shape index (κ1) is 21.7. The zero-order valence-electron chi connectivity index (χ0n) is 16.6. The molecule has 3 rings (SSSR count). The summed E-state index contributed by atoms with van der Waals surface area (Å²) < 4.78 is 16.7. The van der Waals surface area contributed by atoms with Crippen LogP contribution in [0, 0.1) is 0 Å². The lowest BCUT2D eigenvalue weighted by Gasteiger charge is -2.47. The molecule has 1 saturated heterocycles. The van der Waals surface area contributed by atoms with Crippen LogP contribution in [0.25, 0.3) is 0 Å². The summed E-state index contributed by atoms with van der Waals surface area (Å²) in [6.07, 6.45) is -4.96. The predicted octanol–water partition coefficient (Wildman–Crippen LogP) is 0.949. The summed E-state index contributed by atoms with van der Waals surface area (Å²) in [7, 11) is 1.35. The molecule has 1 aliphatic rings. The van der Waals surface area contributed by atoms with Crippen molar-refractivity contribution < 1.29 is 34.6 Å². The van der Waals surface area contributed by atoms with Gasteiger partial charge in [0.25, 0.3) is 0 Å². The second-order valence-electron chi connectivity index (χ2n) is 7.09. The van der Waals surface area contributed by atoms with Gasteiger partial charge in [0.1, 0.15) is 30.2 Å². The van der Waals surface area contributed by atoms with Crippen LogP contribution in [-0.4, -0.2) is 65.2 Å². The third-order valence-corrected chi connectivity index (χ3v) is 5.23. The quantitative estimate of drug-likeness (QED) is 0.544. The number of methoxy groups -OCH3 is 1. The molecular weight excluding hydrogens is 376 g/mol. The topological polar surface area (TPSA) is 109 Å². The van der Waals surface area contributed by atoms with E-state index in [0.717, 1.165) is 16.9 Å². The fraction of sp³-hybridized carbons (Fsp3) is 0.455. The molecule has 2 aromatic carbocycles. The molecule has 0 spiro atoms. The molecule has 7 heteroatoms. The fourth-order valence-electron chi connectivity index (χ4n) is 3.67. The molecule has 1 heterocycles. The van der Waals surface area contributed by atoms with Crippen molar-refractivity contribution in [3.05, 3.63) is 65.2 Å². The minimum Gasteiger partial charge on any atom is -0.494 e. The van der Waals surface area contributed by atoms with E-state index in [1.165, 1.54) is 7.11 Å². The number of hydrogen-bond donors (Lipinski definition) is 4. The lowest BCUT2D eigenvalue weighted by atomic mass is 9.87. The Bertz CT molecular complexity index is 792. The normalized spacial score (nSPS) is 29.6. The number of aliphatic hydroxyl groups is 4. The molecule has 2 aromatic rings. The van der Waals surface area contributed by atoms with Gasteiger partial charge in [0.15, 0.2) is 0 Å². The van der Waals surface area contributed by atoms with E-state index in [2.05, 4.69) is 0 Å². The Morgan fingerprint density at radius 3 is 2.34 bits per heavy atom. The third-order valence-electron chi connectivity index (χ3n) is 5.23. The van der Waals surface area contributed by atoms with Crippen molar-refractivity contribution >= 4 is 0 Å². The molecule has 158 valence electrons. The molecule has 7 nitrogen and oxygen atoms in total. The van der Waals surface area contributed by atoms with Gasteiger partial charge in [0, 0.05) is 12.7 Å². The van der Waals surface area contributed by atoms with Crippen LogP contribution in [0.2, 0.25) is 0 Å². The maximum atomic E-state index is 10.6. The Labute approximate surface area is 170 Å². The molecule has 1 unspecified atom stereocenters. The van der Waals surface area contributed by atoms with Gasteiger partial charge in [-0.2, -0.15) is 0 Å². The molecule has 1 aliphatic heterocycles. The summed E-state index contributed by atoms with van der Waals surface area (Å²) in [6, 6.07) is 15.1. The molecular formula is C22H28O7. The molecule has 1 fully saturated rings. The van der Waals surface area contributed by atoms with Crippen LogP contribution in [0.3, 0.4) is 0 Å². The lowest BCUT2D eigenvalue weighted by Crippen LogP contribution is -2.64. The van der Waals surface area contributed by atoms with Crippen molar-refractivity contribution in [2.75, 3.05) is 20.3 Å². The fourth-order valence-corrected chi connectivity index (χ4v) is 3.67. The molecule has 0 saturated carbocycles. The van der Waals surface area contributed by atoms with Crippen LogP contribution in [-0.2, 0) is 21.7 Å². The van der Waals surface area contributed by atoms with E-state index in [9.17, 15) is 20.4 Å². The van der Waals surface area contributed by atoms with Gasteiger partial charge in [0.05, 0.1) is 13.2 Å². The van der Waals surface area contributed by atoms with Gasteiger partial charge < -0.3 is 34.6 Å². The number of benzene rings is 2. The zero-order valence-corrected chi connectivity index (χ0v) is 16.6. The van der Waals surface area contributed by atoms with Crippen molar-refractivity contribution in [1.82, 2.24) is 0 Å². The average Bonchev–Trinajstić information content (AvgIpc) is 2.74. The van der Waals surface area contributed by atoms with Crippen molar-refractivity contribution in [2.24, 2.45) is 0 Å². The zero-order chi connectivity index (χ0) is 21.0. The average molecular weight is 404 g/mol. The van der Waals surface area contributed by atoms with E-state index in [1.807, 2.05) is 43.3 Å². The van der Waals surface area contributed by atoms with Gasteiger partial charge >= 0.3 is 0 Å². The van der Waals surface area contributed by atoms with Crippen molar-refractivity contribution in [3.8, 4) is 5.75 Å². The van der Waals surface area contributed by atoms with E-state index in [0.29, 0.717) is 18.6 Å². The lowest BCUT2D eigenvalue weighted by molar-refractivity contribution is -0.366. The van der Waals surface area contributed by atoms with E-state index in [-0.39, 0.29) is 0 Å². The van der Waals surface area contributed by atoms with Crippen LogP contribution in [0.15, 0.2) is 48.5 Å². The van der Waals surface area contributed by atoms with Gasteiger partial charge in [-0.15, -0.1) is 0 Å². The maximum Gasteiger partial charge on any atom is 0.224 e. The summed E-state index contributed by atoms with van der Waals surface area (Å²) in [5.74, 6) is -0.898. The molecule has 0 amide bonds. The molecule has 0 aromatic heterocycles. The highest BCUT2D eigenvalue weighted by atomic mass is 16.7. The highest BCUT2D eigenvalue weighted by Crippen LogP contribution is 2.39. The van der Waals surface area contributed by atoms with Crippen LogP contribution in [0.5, 0.6) is 5.75 Å². The summed E-state index contributed by atoms with van der Waals surface area (Å²) in [5.41, 5.74) is 2.51. The largest absolute Gasteiger partial charge is 0.494 e. The minimum absolute atomic E-state index is 0.486. The van der Waals surface area contributed by atoms with Gasteiger partial charge in [-0.3, -0.25) is 0 Å². The number of aliphatic hydroxyl groups excluding tert-OH is 4. The molecule has 0 bridgehead atoms. The summed E-state index contributed by atoms with van der Waals surface area (Å²) in [4.78, 5) is 0.